The lowest BCUT2D eigenvalue weighted by atomic mass is 10.0. The van der Waals surface area contributed by atoms with E-state index in [0.717, 1.165) is 0 Å². The number of hydrogen-bond donors (Lipinski definition) is 2. The van der Waals surface area contributed by atoms with Crippen molar-refractivity contribution in [2.24, 2.45) is 5.73 Å². The molecule has 8 heteroatoms. The van der Waals surface area contributed by atoms with Crippen LogP contribution < -0.4 is 11.1 Å². The van der Waals surface area contributed by atoms with Gasteiger partial charge < -0.3 is 11.1 Å². The Bertz CT molecular complexity index is 776. The first-order valence-electron chi connectivity index (χ1n) is 6.77. The summed E-state index contributed by atoms with van der Waals surface area (Å²) in [7, 11) is 0. The van der Waals surface area contributed by atoms with Crippen LogP contribution in [0.3, 0.4) is 0 Å². The quantitative estimate of drug-likeness (QED) is 0.864. The second kappa shape index (κ2) is 7.35. The highest BCUT2D eigenvalue weighted by Gasteiger charge is 2.24. The van der Waals surface area contributed by atoms with Gasteiger partial charge in [0, 0.05) is 23.6 Å². The van der Waals surface area contributed by atoms with Gasteiger partial charge in [0.05, 0.1) is 0 Å². The zero-order valence-corrected chi connectivity index (χ0v) is 12.9. The summed E-state index contributed by atoms with van der Waals surface area (Å²) in [5.74, 6) is -6.03. The van der Waals surface area contributed by atoms with Gasteiger partial charge in [0.15, 0.2) is 0 Å². The third-order valence-electron chi connectivity index (χ3n) is 3.21. The lowest BCUT2D eigenvalue weighted by Crippen LogP contribution is -2.46. The summed E-state index contributed by atoms with van der Waals surface area (Å²) in [6, 6.07) is 5.97. The van der Waals surface area contributed by atoms with E-state index in [-0.39, 0.29) is 6.42 Å². The van der Waals surface area contributed by atoms with Crippen LogP contribution in [-0.2, 0) is 11.2 Å². The standard InChI is InChI=1S/C16H12ClF3N2O2/c17-9-3-1-2-8(4-9)5-13(15(21)23)22-16(24)14-11(19)6-10(18)7-12(14)20/h1-4,6-7,13H,5H2,(H2,21,23)(H,22,24)/t13-/m0/s1. The van der Waals surface area contributed by atoms with Gasteiger partial charge in [-0.05, 0) is 17.7 Å². The summed E-state index contributed by atoms with van der Waals surface area (Å²) in [6.45, 7) is 0. The lowest BCUT2D eigenvalue weighted by molar-refractivity contribution is -0.119. The van der Waals surface area contributed by atoms with Gasteiger partial charge in [-0.15, -0.1) is 0 Å². The molecule has 2 amide bonds. The van der Waals surface area contributed by atoms with E-state index in [1.165, 1.54) is 0 Å². The fourth-order valence-electron chi connectivity index (χ4n) is 2.11. The highest BCUT2D eigenvalue weighted by atomic mass is 35.5. The molecule has 0 aromatic heterocycles. The molecule has 0 bridgehead atoms. The van der Waals surface area contributed by atoms with E-state index in [2.05, 4.69) is 5.32 Å². The molecule has 24 heavy (non-hydrogen) atoms. The number of benzene rings is 2. The third kappa shape index (κ3) is 4.26. The minimum atomic E-state index is -1.38. The molecular formula is C16H12ClF3N2O2. The van der Waals surface area contributed by atoms with Crippen LogP contribution in [0.4, 0.5) is 13.2 Å². The minimum Gasteiger partial charge on any atom is -0.368 e. The Hall–Kier alpha value is -2.54. The molecule has 0 heterocycles. The van der Waals surface area contributed by atoms with Crippen LogP contribution in [0.1, 0.15) is 15.9 Å². The number of carbonyl (C=O) groups is 2. The summed E-state index contributed by atoms with van der Waals surface area (Å²) >= 11 is 5.83. The molecule has 0 aliphatic heterocycles. The Morgan fingerprint density at radius 2 is 1.75 bits per heavy atom. The van der Waals surface area contributed by atoms with Crippen molar-refractivity contribution in [3.63, 3.8) is 0 Å². The minimum absolute atomic E-state index is 0.0218. The van der Waals surface area contributed by atoms with Crippen molar-refractivity contribution in [1.29, 1.82) is 0 Å². The molecular weight excluding hydrogens is 345 g/mol. The van der Waals surface area contributed by atoms with Crippen LogP contribution in [0, 0.1) is 17.5 Å². The number of amides is 2. The molecule has 4 nitrogen and oxygen atoms in total. The molecule has 1 atom stereocenters. The van der Waals surface area contributed by atoms with E-state index in [9.17, 15) is 22.8 Å². The Morgan fingerprint density at radius 3 is 2.29 bits per heavy atom. The maximum Gasteiger partial charge on any atom is 0.257 e. The number of nitrogens with two attached hydrogens (primary N) is 1. The maximum absolute atomic E-state index is 13.6. The summed E-state index contributed by atoms with van der Waals surface area (Å²) in [6.07, 6.45) is -0.0218. The molecule has 2 rings (SSSR count). The van der Waals surface area contributed by atoms with Gasteiger partial charge in [0.25, 0.3) is 5.91 Å². The van der Waals surface area contributed by atoms with Crippen molar-refractivity contribution >= 4 is 23.4 Å². The highest BCUT2D eigenvalue weighted by Crippen LogP contribution is 2.16. The van der Waals surface area contributed by atoms with Crippen molar-refractivity contribution in [3.8, 4) is 0 Å². The predicted octanol–water partition coefficient (Wildman–Crippen LogP) is 2.58. The maximum atomic E-state index is 13.6. The molecule has 2 aromatic carbocycles. The van der Waals surface area contributed by atoms with Crippen LogP contribution in [0.15, 0.2) is 36.4 Å². The smallest absolute Gasteiger partial charge is 0.257 e. The van der Waals surface area contributed by atoms with Crippen molar-refractivity contribution < 1.29 is 22.8 Å². The molecule has 0 aliphatic carbocycles. The molecule has 0 saturated heterocycles. The summed E-state index contributed by atoms with van der Waals surface area (Å²) in [4.78, 5) is 23.5. The monoisotopic (exact) mass is 356 g/mol. The summed E-state index contributed by atoms with van der Waals surface area (Å²) < 4.78 is 40.1. The van der Waals surface area contributed by atoms with E-state index in [1.807, 2.05) is 0 Å². The topological polar surface area (TPSA) is 72.2 Å². The number of rotatable bonds is 5. The Morgan fingerprint density at radius 1 is 1.12 bits per heavy atom. The molecule has 0 saturated carbocycles. The third-order valence-corrected chi connectivity index (χ3v) is 3.45. The van der Waals surface area contributed by atoms with Gasteiger partial charge in [-0.1, -0.05) is 23.7 Å². The first-order chi connectivity index (χ1) is 11.3. The molecule has 2 aromatic rings. The largest absolute Gasteiger partial charge is 0.368 e. The van der Waals surface area contributed by atoms with Crippen molar-refractivity contribution in [3.05, 3.63) is 70.0 Å². The summed E-state index contributed by atoms with van der Waals surface area (Å²) in [5.41, 5.74) is 4.81. The fraction of sp³-hybridized carbons (Fsp3) is 0.125. The molecule has 126 valence electrons. The van der Waals surface area contributed by atoms with E-state index in [4.69, 9.17) is 17.3 Å². The van der Waals surface area contributed by atoms with Crippen molar-refractivity contribution in [1.82, 2.24) is 5.32 Å². The molecule has 0 spiro atoms. The van der Waals surface area contributed by atoms with Gasteiger partial charge in [0.1, 0.15) is 29.1 Å². The first-order valence-corrected chi connectivity index (χ1v) is 7.15. The lowest BCUT2D eigenvalue weighted by Gasteiger charge is -2.16. The number of halogens is 4. The number of hydrogen-bond acceptors (Lipinski definition) is 2. The number of nitrogens with one attached hydrogen (secondary N) is 1. The van der Waals surface area contributed by atoms with Gasteiger partial charge in [-0.2, -0.15) is 0 Å². The van der Waals surface area contributed by atoms with Gasteiger partial charge in [-0.3, -0.25) is 9.59 Å². The average Bonchev–Trinajstić information content (AvgIpc) is 2.45. The molecule has 0 radical (unpaired) electrons. The predicted molar refractivity (Wildman–Crippen MR) is 81.9 cm³/mol. The molecule has 0 aliphatic rings. The zero-order valence-electron chi connectivity index (χ0n) is 12.2. The van der Waals surface area contributed by atoms with Crippen LogP contribution in [0.25, 0.3) is 0 Å². The van der Waals surface area contributed by atoms with Crippen molar-refractivity contribution in [2.45, 2.75) is 12.5 Å². The second-order valence-electron chi connectivity index (χ2n) is 5.01. The van der Waals surface area contributed by atoms with E-state index >= 15 is 0 Å². The zero-order chi connectivity index (χ0) is 17.9. The highest BCUT2D eigenvalue weighted by molar-refractivity contribution is 6.30. The van der Waals surface area contributed by atoms with Crippen LogP contribution in [0.5, 0.6) is 0 Å². The Kier molecular flexibility index (Phi) is 5.46. The normalized spacial score (nSPS) is 11.8. The number of carbonyl (C=O) groups excluding carboxylic acids is 2. The Labute approximate surface area is 140 Å². The SMILES string of the molecule is NC(=O)[C@H](Cc1cccc(Cl)c1)NC(=O)c1c(F)cc(F)cc1F. The number of primary amides is 1. The summed E-state index contributed by atoms with van der Waals surface area (Å²) in [5, 5.41) is 2.56. The van der Waals surface area contributed by atoms with E-state index in [1.54, 1.807) is 24.3 Å². The van der Waals surface area contributed by atoms with Gasteiger partial charge >= 0.3 is 0 Å². The van der Waals surface area contributed by atoms with Crippen LogP contribution in [0.2, 0.25) is 5.02 Å². The van der Waals surface area contributed by atoms with Gasteiger partial charge in [0.2, 0.25) is 5.91 Å². The Balaban J connectivity index is 2.22. The van der Waals surface area contributed by atoms with Crippen LogP contribution >= 0.6 is 11.6 Å². The van der Waals surface area contributed by atoms with Crippen LogP contribution in [-0.4, -0.2) is 17.9 Å². The molecule has 0 unspecified atom stereocenters. The second-order valence-corrected chi connectivity index (χ2v) is 5.44. The van der Waals surface area contributed by atoms with E-state index < -0.39 is 40.9 Å². The average molecular weight is 357 g/mol. The molecule has 0 fully saturated rings. The molecule has 3 N–H and O–H groups in total. The first kappa shape index (κ1) is 17.8. The van der Waals surface area contributed by atoms with Gasteiger partial charge in [-0.25, -0.2) is 13.2 Å². The fourth-order valence-corrected chi connectivity index (χ4v) is 2.32. The van der Waals surface area contributed by atoms with Crippen molar-refractivity contribution in [2.75, 3.05) is 0 Å². The van der Waals surface area contributed by atoms with E-state index in [0.29, 0.717) is 22.7 Å².